The maximum Gasteiger partial charge on any atom is 0.273 e. The van der Waals surface area contributed by atoms with E-state index in [1.165, 1.54) is 28.4 Å². The van der Waals surface area contributed by atoms with Gasteiger partial charge in [0, 0.05) is 18.2 Å². The van der Waals surface area contributed by atoms with E-state index in [4.69, 9.17) is 14.5 Å². The number of rotatable bonds is 9. The molecule has 2 N–H and O–H groups in total. The highest BCUT2D eigenvalue weighted by Gasteiger charge is 2.21. The van der Waals surface area contributed by atoms with Gasteiger partial charge in [0.05, 0.1) is 5.71 Å². The molecule has 0 bridgehead atoms. The number of carbonyl (C=O) groups is 1. The summed E-state index contributed by atoms with van der Waals surface area (Å²) in [5.41, 5.74) is 1.82. The first kappa shape index (κ1) is 22.8. The summed E-state index contributed by atoms with van der Waals surface area (Å²) in [7, 11) is 5.59. The second-order valence-corrected chi connectivity index (χ2v) is 5.36. The number of hydrogen-bond donors (Lipinski definition) is 2. The van der Waals surface area contributed by atoms with Crippen molar-refractivity contribution in [1.82, 2.24) is 5.32 Å². The summed E-state index contributed by atoms with van der Waals surface area (Å²) >= 11 is 0. The standard InChI is InChI=1S/C18H25N5O5/c1-11(15(22-27-5)12(2)21-26-4)20-17(24)14-10-8-7-9-13(14)16(23-28-6)18(25)19-3/h7-10,17,24H,1-6H3,(H,19,25). The van der Waals surface area contributed by atoms with Gasteiger partial charge in [-0.05, 0) is 13.8 Å². The largest absolute Gasteiger partial charge is 0.399 e. The highest BCUT2D eigenvalue weighted by Crippen LogP contribution is 2.21. The number of amides is 1. The summed E-state index contributed by atoms with van der Waals surface area (Å²) < 4.78 is 0. The molecule has 0 aliphatic heterocycles. The molecule has 1 atom stereocenters. The zero-order chi connectivity index (χ0) is 21.1. The lowest BCUT2D eigenvalue weighted by Gasteiger charge is -2.14. The van der Waals surface area contributed by atoms with E-state index in [0.717, 1.165) is 0 Å². The Kier molecular flexibility index (Phi) is 9.31. The molecular formula is C18H25N5O5. The van der Waals surface area contributed by atoms with Crippen molar-refractivity contribution in [2.45, 2.75) is 20.1 Å². The van der Waals surface area contributed by atoms with Gasteiger partial charge >= 0.3 is 0 Å². The molecule has 1 unspecified atom stereocenters. The molecule has 0 saturated carbocycles. The molecule has 1 rings (SSSR count). The van der Waals surface area contributed by atoms with Gasteiger partial charge in [-0.25, -0.2) is 0 Å². The number of nitrogens with zero attached hydrogens (tertiary/aromatic N) is 4. The monoisotopic (exact) mass is 391 g/mol. The number of benzene rings is 1. The second-order valence-electron chi connectivity index (χ2n) is 5.36. The molecule has 0 heterocycles. The summed E-state index contributed by atoms with van der Waals surface area (Å²) in [6, 6.07) is 6.69. The van der Waals surface area contributed by atoms with E-state index >= 15 is 0 Å². The number of likely N-dealkylation sites (N-methyl/N-ethyl adjacent to an activating group) is 1. The van der Waals surface area contributed by atoms with Crippen LogP contribution in [0.1, 0.15) is 31.2 Å². The number of nitrogens with one attached hydrogen (secondary N) is 1. The average Bonchev–Trinajstić information content (AvgIpc) is 2.69. The molecule has 28 heavy (non-hydrogen) atoms. The van der Waals surface area contributed by atoms with Crippen LogP contribution in [0.5, 0.6) is 0 Å². The predicted octanol–water partition coefficient (Wildman–Crippen LogP) is 1.26. The van der Waals surface area contributed by atoms with Gasteiger partial charge in [-0.3, -0.25) is 9.79 Å². The van der Waals surface area contributed by atoms with Crippen LogP contribution < -0.4 is 5.32 Å². The zero-order valence-corrected chi connectivity index (χ0v) is 16.8. The van der Waals surface area contributed by atoms with Crippen LogP contribution in [0.4, 0.5) is 0 Å². The van der Waals surface area contributed by atoms with Crippen molar-refractivity contribution in [2.75, 3.05) is 28.4 Å². The number of aliphatic hydroxyl groups is 1. The molecule has 152 valence electrons. The Balaban J connectivity index is 3.40. The Bertz CT molecular complexity index is 801. The normalized spacial score (nSPS) is 14.4. The van der Waals surface area contributed by atoms with Crippen molar-refractivity contribution in [3.8, 4) is 0 Å². The van der Waals surface area contributed by atoms with Gasteiger partial charge in [0.1, 0.15) is 32.8 Å². The van der Waals surface area contributed by atoms with Gasteiger partial charge in [-0.2, -0.15) is 0 Å². The van der Waals surface area contributed by atoms with Crippen LogP contribution in [0.25, 0.3) is 0 Å². The third kappa shape index (κ3) is 5.88. The molecule has 10 heteroatoms. The Labute approximate surface area is 163 Å². The van der Waals surface area contributed by atoms with Gasteiger partial charge in [0.15, 0.2) is 11.9 Å². The fourth-order valence-electron chi connectivity index (χ4n) is 2.34. The van der Waals surface area contributed by atoms with E-state index < -0.39 is 12.1 Å². The predicted molar refractivity (Wildman–Crippen MR) is 107 cm³/mol. The van der Waals surface area contributed by atoms with Crippen LogP contribution in [-0.2, 0) is 19.3 Å². The summed E-state index contributed by atoms with van der Waals surface area (Å²) in [5.74, 6) is -0.466. The molecule has 0 aliphatic carbocycles. The lowest BCUT2D eigenvalue weighted by molar-refractivity contribution is -0.114. The third-order valence-electron chi connectivity index (χ3n) is 3.53. The van der Waals surface area contributed by atoms with Gasteiger partial charge in [0.2, 0.25) is 0 Å². The fourth-order valence-corrected chi connectivity index (χ4v) is 2.34. The minimum Gasteiger partial charge on any atom is -0.399 e. The topological polar surface area (TPSA) is 126 Å². The van der Waals surface area contributed by atoms with E-state index in [1.54, 1.807) is 38.1 Å². The average molecular weight is 391 g/mol. The van der Waals surface area contributed by atoms with E-state index in [9.17, 15) is 9.90 Å². The molecule has 0 saturated heterocycles. The lowest BCUT2D eigenvalue weighted by atomic mass is 10.0. The molecule has 0 fully saturated rings. The number of oxime groups is 3. The van der Waals surface area contributed by atoms with Crippen LogP contribution in [0.3, 0.4) is 0 Å². The quantitative estimate of drug-likeness (QED) is 0.484. The highest BCUT2D eigenvalue weighted by atomic mass is 16.6. The van der Waals surface area contributed by atoms with E-state index in [0.29, 0.717) is 28.3 Å². The first-order valence-corrected chi connectivity index (χ1v) is 8.25. The van der Waals surface area contributed by atoms with Crippen LogP contribution in [0, 0.1) is 0 Å². The maximum absolute atomic E-state index is 12.1. The summed E-state index contributed by atoms with van der Waals surface area (Å²) in [5, 5.41) is 24.6. The Morgan fingerprint density at radius 3 is 2.18 bits per heavy atom. The highest BCUT2D eigenvalue weighted by molar-refractivity contribution is 6.67. The van der Waals surface area contributed by atoms with Crippen molar-refractivity contribution < 1.29 is 24.4 Å². The minimum absolute atomic E-state index is 0.00964. The van der Waals surface area contributed by atoms with Crippen molar-refractivity contribution in [2.24, 2.45) is 20.5 Å². The minimum atomic E-state index is -1.31. The molecule has 0 aromatic heterocycles. The Morgan fingerprint density at radius 1 is 1.00 bits per heavy atom. The summed E-state index contributed by atoms with van der Waals surface area (Å²) in [6.45, 7) is 3.30. The van der Waals surface area contributed by atoms with Crippen molar-refractivity contribution in [3.63, 3.8) is 0 Å². The zero-order valence-electron chi connectivity index (χ0n) is 16.8. The molecule has 1 aromatic carbocycles. The second kappa shape index (κ2) is 11.4. The molecule has 1 amide bonds. The van der Waals surface area contributed by atoms with Gasteiger partial charge < -0.3 is 24.9 Å². The van der Waals surface area contributed by atoms with Crippen molar-refractivity contribution in [3.05, 3.63) is 35.4 Å². The molecule has 1 aromatic rings. The molecular weight excluding hydrogens is 366 g/mol. The molecule has 0 aliphatic rings. The van der Waals surface area contributed by atoms with Gasteiger partial charge in [0.25, 0.3) is 5.91 Å². The van der Waals surface area contributed by atoms with E-state index in [1.807, 2.05) is 0 Å². The van der Waals surface area contributed by atoms with Gasteiger partial charge in [-0.15, -0.1) is 0 Å². The first-order valence-electron chi connectivity index (χ1n) is 8.25. The SMILES string of the molecule is CNC(=O)C(=NOC)c1ccccc1C(O)N=C(C)C(=NOC)C(C)=NOC. The third-order valence-corrected chi connectivity index (χ3v) is 3.53. The van der Waals surface area contributed by atoms with Gasteiger partial charge in [-0.1, -0.05) is 39.7 Å². The van der Waals surface area contributed by atoms with Crippen LogP contribution in [-0.4, -0.2) is 62.2 Å². The number of aliphatic imine (C=N–C) groups is 1. The summed E-state index contributed by atoms with van der Waals surface area (Å²) in [4.78, 5) is 30.7. The van der Waals surface area contributed by atoms with Crippen molar-refractivity contribution >= 4 is 28.8 Å². The van der Waals surface area contributed by atoms with Crippen LogP contribution >= 0.6 is 0 Å². The molecule has 10 nitrogen and oxygen atoms in total. The Hall–Kier alpha value is -3.27. The molecule has 0 radical (unpaired) electrons. The van der Waals surface area contributed by atoms with Crippen molar-refractivity contribution in [1.29, 1.82) is 0 Å². The van der Waals surface area contributed by atoms with E-state index in [-0.39, 0.29) is 5.71 Å². The van der Waals surface area contributed by atoms with Crippen LogP contribution in [0.2, 0.25) is 0 Å². The van der Waals surface area contributed by atoms with E-state index in [2.05, 4.69) is 25.8 Å². The maximum atomic E-state index is 12.1. The number of carbonyl (C=O) groups excluding carboxylic acids is 1. The smallest absolute Gasteiger partial charge is 0.273 e. The molecule has 0 spiro atoms. The number of hydrogen-bond acceptors (Lipinski definition) is 9. The summed E-state index contributed by atoms with van der Waals surface area (Å²) in [6.07, 6.45) is -1.31. The lowest BCUT2D eigenvalue weighted by Crippen LogP contribution is -2.29. The fraction of sp³-hybridized carbons (Fsp3) is 0.389. The first-order chi connectivity index (χ1) is 13.4. The van der Waals surface area contributed by atoms with Crippen LogP contribution in [0.15, 0.2) is 44.7 Å². The Morgan fingerprint density at radius 2 is 1.61 bits per heavy atom. The number of aliphatic hydroxyl groups excluding tert-OH is 1.